The van der Waals surface area contributed by atoms with Crippen molar-refractivity contribution in [2.75, 3.05) is 0 Å². The summed E-state index contributed by atoms with van der Waals surface area (Å²) in [6.45, 7) is 10.3. The van der Waals surface area contributed by atoms with E-state index in [1.165, 1.54) is 16.8 Å². The molecule has 3 aromatic rings. The van der Waals surface area contributed by atoms with Crippen LogP contribution in [-0.2, 0) is 13.1 Å². The van der Waals surface area contributed by atoms with E-state index in [1.54, 1.807) is 6.20 Å². The molecule has 0 unspecified atom stereocenters. The molecule has 0 fully saturated rings. The second kappa shape index (κ2) is 7.01. The molecule has 2 heterocycles. The Balaban J connectivity index is 1.66. The van der Waals surface area contributed by atoms with E-state index in [0.29, 0.717) is 0 Å². The number of aromatic nitrogens is 4. The molecule has 0 aliphatic heterocycles. The highest BCUT2D eigenvalue weighted by molar-refractivity contribution is 5.34. The summed E-state index contributed by atoms with van der Waals surface area (Å²) in [6.07, 6.45) is 3.74. The normalized spacial score (nSPS) is 12.5. The van der Waals surface area contributed by atoms with Crippen LogP contribution in [0.3, 0.4) is 0 Å². The zero-order valence-corrected chi connectivity index (χ0v) is 14.8. The van der Waals surface area contributed by atoms with Gasteiger partial charge >= 0.3 is 0 Å². The Kier molecular flexibility index (Phi) is 4.81. The number of aryl methyl sites for hydroxylation is 2. The molecule has 24 heavy (non-hydrogen) atoms. The number of hydrogen-bond acceptors (Lipinski definition) is 3. The number of nitrogens with zero attached hydrogens (tertiary/aromatic N) is 4. The van der Waals surface area contributed by atoms with Gasteiger partial charge < -0.3 is 5.32 Å². The van der Waals surface area contributed by atoms with E-state index in [4.69, 9.17) is 0 Å². The van der Waals surface area contributed by atoms with Gasteiger partial charge in [-0.05, 0) is 51.5 Å². The predicted molar refractivity (Wildman–Crippen MR) is 96.2 cm³/mol. The second-order valence-corrected chi connectivity index (χ2v) is 6.12. The van der Waals surface area contributed by atoms with Gasteiger partial charge in [-0.1, -0.05) is 12.1 Å². The third kappa shape index (κ3) is 3.26. The van der Waals surface area contributed by atoms with Gasteiger partial charge in [0.2, 0.25) is 0 Å². The highest BCUT2D eigenvalue weighted by Crippen LogP contribution is 2.21. The third-order valence-corrected chi connectivity index (χ3v) is 4.49. The Labute approximate surface area is 143 Å². The van der Waals surface area contributed by atoms with Crippen LogP contribution in [0.4, 0.5) is 0 Å². The molecule has 1 aromatic carbocycles. The maximum absolute atomic E-state index is 4.61. The molecule has 5 nitrogen and oxygen atoms in total. The quantitative estimate of drug-likeness (QED) is 0.754. The molecule has 5 heteroatoms. The van der Waals surface area contributed by atoms with E-state index >= 15 is 0 Å². The Morgan fingerprint density at radius 1 is 1.17 bits per heavy atom. The van der Waals surface area contributed by atoms with Gasteiger partial charge in [-0.3, -0.25) is 4.68 Å². The SMILES string of the molecule is CCn1nc(C)c([C@H](C)NCc2ccc(-n3cccn3)cc2)c1C. The molecule has 0 aliphatic rings. The van der Waals surface area contributed by atoms with E-state index in [-0.39, 0.29) is 6.04 Å². The van der Waals surface area contributed by atoms with Crippen molar-refractivity contribution in [1.29, 1.82) is 0 Å². The van der Waals surface area contributed by atoms with Gasteiger partial charge in [0.15, 0.2) is 0 Å². The lowest BCUT2D eigenvalue weighted by Gasteiger charge is -2.15. The highest BCUT2D eigenvalue weighted by atomic mass is 15.3. The fourth-order valence-corrected chi connectivity index (χ4v) is 3.21. The maximum atomic E-state index is 4.61. The monoisotopic (exact) mass is 323 g/mol. The molecular weight excluding hydrogens is 298 g/mol. The summed E-state index contributed by atoms with van der Waals surface area (Å²) < 4.78 is 3.94. The van der Waals surface area contributed by atoms with Gasteiger partial charge in [0.1, 0.15) is 0 Å². The third-order valence-electron chi connectivity index (χ3n) is 4.49. The summed E-state index contributed by atoms with van der Waals surface area (Å²) in [6, 6.07) is 10.7. The summed E-state index contributed by atoms with van der Waals surface area (Å²) in [7, 11) is 0. The van der Waals surface area contributed by atoms with Crippen LogP contribution < -0.4 is 5.32 Å². The maximum Gasteiger partial charge on any atom is 0.0645 e. The highest BCUT2D eigenvalue weighted by Gasteiger charge is 2.16. The van der Waals surface area contributed by atoms with E-state index < -0.39 is 0 Å². The van der Waals surface area contributed by atoms with Crippen LogP contribution in [-0.4, -0.2) is 19.6 Å². The lowest BCUT2D eigenvalue weighted by molar-refractivity contribution is 0.566. The summed E-state index contributed by atoms with van der Waals surface area (Å²) in [5.41, 5.74) is 6.01. The van der Waals surface area contributed by atoms with Gasteiger partial charge in [0.25, 0.3) is 0 Å². The fourth-order valence-electron chi connectivity index (χ4n) is 3.21. The van der Waals surface area contributed by atoms with Crippen molar-refractivity contribution in [3.8, 4) is 5.69 Å². The van der Waals surface area contributed by atoms with E-state index in [2.05, 4.69) is 72.2 Å². The minimum absolute atomic E-state index is 0.274. The number of rotatable bonds is 6. The largest absolute Gasteiger partial charge is 0.306 e. The van der Waals surface area contributed by atoms with Crippen molar-refractivity contribution < 1.29 is 0 Å². The van der Waals surface area contributed by atoms with Crippen LogP contribution in [0.5, 0.6) is 0 Å². The van der Waals surface area contributed by atoms with Crippen molar-refractivity contribution in [2.45, 2.75) is 46.8 Å². The molecule has 3 rings (SSSR count). The van der Waals surface area contributed by atoms with Crippen LogP contribution in [0, 0.1) is 13.8 Å². The average Bonchev–Trinajstić information content (AvgIpc) is 3.21. The average molecular weight is 323 g/mol. The number of hydrogen-bond donors (Lipinski definition) is 1. The minimum atomic E-state index is 0.274. The molecule has 1 N–H and O–H groups in total. The Bertz CT molecular complexity index is 784. The second-order valence-electron chi connectivity index (χ2n) is 6.12. The molecule has 0 saturated carbocycles. The van der Waals surface area contributed by atoms with Crippen molar-refractivity contribution >= 4 is 0 Å². The van der Waals surface area contributed by atoms with E-state index in [0.717, 1.165) is 24.5 Å². The van der Waals surface area contributed by atoms with Crippen LogP contribution in [0.25, 0.3) is 5.69 Å². The van der Waals surface area contributed by atoms with E-state index in [1.807, 2.05) is 16.9 Å². The first-order chi connectivity index (χ1) is 11.6. The van der Waals surface area contributed by atoms with Gasteiger partial charge in [-0.25, -0.2) is 4.68 Å². The molecule has 0 radical (unpaired) electrons. The zero-order valence-electron chi connectivity index (χ0n) is 14.8. The predicted octanol–water partition coefficient (Wildman–Crippen LogP) is 3.56. The van der Waals surface area contributed by atoms with Gasteiger partial charge in [0.05, 0.1) is 11.4 Å². The lowest BCUT2D eigenvalue weighted by atomic mass is 10.1. The first-order valence-electron chi connectivity index (χ1n) is 8.46. The molecule has 0 amide bonds. The molecule has 0 aliphatic carbocycles. The van der Waals surface area contributed by atoms with Gasteiger partial charge in [0, 0.05) is 42.8 Å². The fraction of sp³-hybridized carbons (Fsp3) is 0.368. The number of benzene rings is 1. The van der Waals surface area contributed by atoms with Crippen LogP contribution >= 0.6 is 0 Å². The van der Waals surface area contributed by atoms with Crippen molar-refractivity contribution in [3.63, 3.8) is 0 Å². The van der Waals surface area contributed by atoms with Crippen molar-refractivity contribution in [3.05, 3.63) is 65.2 Å². The zero-order chi connectivity index (χ0) is 17.1. The summed E-state index contributed by atoms with van der Waals surface area (Å²) in [5.74, 6) is 0. The topological polar surface area (TPSA) is 47.7 Å². The Morgan fingerprint density at radius 2 is 1.92 bits per heavy atom. The molecule has 0 spiro atoms. The molecule has 2 aromatic heterocycles. The van der Waals surface area contributed by atoms with Gasteiger partial charge in [-0.15, -0.1) is 0 Å². The minimum Gasteiger partial charge on any atom is -0.306 e. The standard InChI is InChI=1S/C19H25N5/c1-5-23-16(4)19(15(3)22-23)14(2)20-13-17-7-9-18(10-8-17)24-12-6-11-21-24/h6-12,14,20H,5,13H2,1-4H3/t14-/m0/s1. The molecule has 0 saturated heterocycles. The summed E-state index contributed by atoms with van der Waals surface area (Å²) in [4.78, 5) is 0. The summed E-state index contributed by atoms with van der Waals surface area (Å²) >= 11 is 0. The molecule has 0 bridgehead atoms. The smallest absolute Gasteiger partial charge is 0.0645 e. The van der Waals surface area contributed by atoms with Crippen LogP contribution in [0.2, 0.25) is 0 Å². The van der Waals surface area contributed by atoms with Crippen molar-refractivity contribution in [1.82, 2.24) is 24.9 Å². The van der Waals surface area contributed by atoms with Crippen LogP contribution in [0.1, 0.15) is 42.4 Å². The summed E-state index contributed by atoms with van der Waals surface area (Å²) in [5, 5.41) is 12.5. The number of nitrogens with one attached hydrogen (secondary N) is 1. The Hall–Kier alpha value is -2.40. The van der Waals surface area contributed by atoms with Crippen LogP contribution in [0.15, 0.2) is 42.7 Å². The Morgan fingerprint density at radius 3 is 2.50 bits per heavy atom. The first-order valence-corrected chi connectivity index (χ1v) is 8.46. The molecular formula is C19H25N5. The molecule has 126 valence electrons. The van der Waals surface area contributed by atoms with Gasteiger partial charge in [-0.2, -0.15) is 10.2 Å². The first kappa shape index (κ1) is 16.5. The molecule has 1 atom stereocenters. The lowest BCUT2D eigenvalue weighted by Crippen LogP contribution is -2.19. The van der Waals surface area contributed by atoms with E-state index in [9.17, 15) is 0 Å². The van der Waals surface area contributed by atoms with Crippen molar-refractivity contribution in [2.24, 2.45) is 0 Å².